The first-order chi connectivity index (χ1) is 11.6. The van der Waals surface area contributed by atoms with Gasteiger partial charge in [-0.1, -0.05) is 25.0 Å². The van der Waals surface area contributed by atoms with Gasteiger partial charge in [0.25, 0.3) is 0 Å². The number of rotatable bonds is 4. The first-order valence-corrected chi connectivity index (χ1v) is 9.42. The van der Waals surface area contributed by atoms with E-state index in [0.29, 0.717) is 11.8 Å². The molecule has 0 bridgehead atoms. The Balaban J connectivity index is 1.34. The summed E-state index contributed by atoms with van der Waals surface area (Å²) in [5.74, 6) is 0.819. The van der Waals surface area contributed by atoms with Crippen LogP contribution < -0.4 is 0 Å². The molecule has 4 rings (SSSR count). The van der Waals surface area contributed by atoms with Crippen molar-refractivity contribution in [3.8, 4) is 0 Å². The van der Waals surface area contributed by atoms with Gasteiger partial charge in [-0.2, -0.15) is 0 Å². The Morgan fingerprint density at radius 2 is 1.83 bits per heavy atom. The number of nitrogens with zero attached hydrogens (tertiary/aromatic N) is 2. The van der Waals surface area contributed by atoms with Gasteiger partial charge in [0.1, 0.15) is 5.82 Å². The molecule has 3 nitrogen and oxygen atoms in total. The van der Waals surface area contributed by atoms with Crippen molar-refractivity contribution < 1.29 is 9.18 Å². The van der Waals surface area contributed by atoms with E-state index in [0.717, 1.165) is 44.6 Å². The van der Waals surface area contributed by atoms with Crippen molar-refractivity contribution in [3.63, 3.8) is 0 Å². The number of amides is 1. The van der Waals surface area contributed by atoms with E-state index in [9.17, 15) is 9.18 Å². The number of carbonyl (C=O) groups is 1. The maximum Gasteiger partial charge on any atom is 0.222 e. The summed E-state index contributed by atoms with van der Waals surface area (Å²) >= 11 is 0. The highest BCUT2D eigenvalue weighted by Crippen LogP contribution is 2.40. The lowest BCUT2D eigenvalue weighted by Crippen LogP contribution is -2.60. The Bertz CT molecular complexity index is 596. The molecule has 1 aliphatic carbocycles. The zero-order valence-corrected chi connectivity index (χ0v) is 14.3. The minimum absolute atomic E-state index is 0.179. The fourth-order valence-electron chi connectivity index (χ4n) is 4.77. The Kier molecular flexibility index (Phi) is 4.33. The predicted octanol–water partition coefficient (Wildman–Crippen LogP) is 3.58. The average molecular weight is 330 g/mol. The monoisotopic (exact) mass is 330 g/mol. The summed E-state index contributed by atoms with van der Waals surface area (Å²) in [6, 6.07) is 6.82. The third kappa shape index (κ3) is 3.08. The molecule has 0 radical (unpaired) electrons. The van der Waals surface area contributed by atoms with E-state index in [4.69, 9.17) is 0 Å². The molecule has 2 aliphatic heterocycles. The zero-order valence-electron chi connectivity index (χ0n) is 14.3. The number of benzene rings is 1. The summed E-state index contributed by atoms with van der Waals surface area (Å²) in [5, 5.41) is 0. The topological polar surface area (TPSA) is 23.6 Å². The molecule has 2 heterocycles. The van der Waals surface area contributed by atoms with Crippen LogP contribution in [-0.4, -0.2) is 40.9 Å². The van der Waals surface area contributed by atoms with Gasteiger partial charge >= 0.3 is 0 Å². The van der Waals surface area contributed by atoms with Gasteiger partial charge in [-0.25, -0.2) is 4.39 Å². The van der Waals surface area contributed by atoms with Crippen molar-refractivity contribution in [2.75, 3.05) is 19.6 Å². The van der Waals surface area contributed by atoms with Crippen LogP contribution in [-0.2, 0) is 11.3 Å². The molecule has 1 amide bonds. The molecular formula is C20H27FN2O. The summed E-state index contributed by atoms with van der Waals surface area (Å²) < 4.78 is 13.1. The fraction of sp³-hybridized carbons (Fsp3) is 0.650. The van der Waals surface area contributed by atoms with Crippen LogP contribution >= 0.6 is 0 Å². The largest absolute Gasteiger partial charge is 0.341 e. The van der Waals surface area contributed by atoms with Crippen LogP contribution in [0.3, 0.4) is 0 Å². The van der Waals surface area contributed by atoms with E-state index < -0.39 is 0 Å². The molecule has 1 saturated carbocycles. The van der Waals surface area contributed by atoms with Gasteiger partial charge in [0.05, 0.1) is 0 Å². The number of likely N-dealkylation sites (tertiary alicyclic amines) is 2. The van der Waals surface area contributed by atoms with Crippen LogP contribution in [0.1, 0.15) is 50.5 Å². The van der Waals surface area contributed by atoms with E-state index in [1.807, 2.05) is 12.1 Å². The van der Waals surface area contributed by atoms with Crippen LogP contribution in [0, 0.1) is 11.7 Å². The first kappa shape index (κ1) is 16.1. The third-order valence-corrected chi connectivity index (χ3v) is 6.43. The molecule has 0 aromatic heterocycles. The summed E-state index contributed by atoms with van der Waals surface area (Å²) in [7, 11) is 0. The Hall–Kier alpha value is -1.42. The Morgan fingerprint density at radius 1 is 1.12 bits per heavy atom. The minimum atomic E-state index is -0.179. The second-order valence-electron chi connectivity index (χ2n) is 7.94. The van der Waals surface area contributed by atoms with Crippen molar-refractivity contribution in [1.82, 2.24) is 9.80 Å². The Morgan fingerprint density at radius 3 is 2.50 bits per heavy atom. The third-order valence-electron chi connectivity index (χ3n) is 6.43. The van der Waals surface area contributed by atoms with Gasteiger partial charge in [-0.15, -0.1) is 0 Å². The van der Waals surface area contributed by atoms with Gasteiger partial charge in [-0.3, -0.25) is 9.69 Å². The second kappa shape index (κ2) is 6.47. The van der Waals surface area contributed by atoms with Crippen molar-refractivity contribution in [3.05, 3.63) is 35.6 Å². The van der Waals surface area contributed by atoms with Gasteiger partial charge < -0.3 is 4.90 Å². The fourth-order valence-corrected chi connectivity index (χ4v) is 4.77. The molecule has 1 spiro atoms. The molecule has 0 unspecified atom stereocenters. The number of carbonyl (C=O) groups excluding carboxylic acids is 1. The number of hydrogen-bond acceptors (Lipinski definition) is 2. The molecule has 0 N–H and O–H groups in total. The molecular weight excluding hydrogens is 303 g/mol. The van der Waals surface area contributed by atoms with Gasteiger partial charge in [-0.05, 0) is 49.3 Å². The summed E-state index contributed by atoms with van der Waals surface area (Å²) in [4.78, 5) is 17.2. The van der Waals surface area contributed by atoms with Crippen LogP contribution in [0.15, 0.2) is 24.3 Å². The van der Waals surface area contributed by atoms with Crippen LogP contribution in [0.4, 0.5) is 4.39 Å². The highest BCUT2D eigenvalue weighted by molar-refractivity contribution is 5.77. The first-order valence-electron chi connectivity index (χ1n) is 9.42. The maximum absolute atomic E-state index is 13.1. The summed E-state index contributed by atoms with van der Waals surface area (Å²) in [6.45, 7) is 3.75. The molecule has 1 aromatic carbocycles. The highest BCUT2D eigenvalue weighted by atomic mass is 19.1. The smallest absolute Gasteiger partial charge is 0.222 e. The Labute approximate surface area is 143 Å². The lowest BCUT2D eigenvalue weighted by atomic mass is 9.83. The normalized spacial score (nSPS) is 27.8. The number of halogens is 1. The van der Waals surface area contributed by atoms with Crippen LogP contribution in [0.5, 0.6) is 0 Å². The van der Waals surface area contributed by atoms with Gasteiger partial charge in [0.15, 0.2) is 0 Å². The predicted molar refractivity (Wildman–Crippen MR) is 91.9 cm³/mol. The quantitative estimate of drug-likeness (QED) is 0.842. The van der Waals surface area contributed by atoms with Gasteiger partial charge in [0.2, 0.25) is 5.91 Å². The van der Waals surface area contributed by atoms with E-state index in [1.54, 1.807) is 0 Å². The van der Waals surface area contributed by atoms with E-state index >= 15 is 0 Å². The van der Waals surface area contributed by atoms with E-state index in [1.165, 1.54) is 44.2 Å². The lowest BCUT2D eigenvalue weighted by Gasteiger charge is -2.51. The van der Waals surface area contributed by atoms with Crippen molar-refractivity contribution in [1.29, 1.82) is 0 Å². The maximum atomic E-state index is 13.1. The van der Waals surface area contributed by atoms with Crippen molar-refractivity contribution in [2.24, 2.45) is 5.92 Å². The SMILES string of the molecule is O=C(CC1CCCC1)N1CC[C@@]2(CCN2Cc2ccc(F)cc2)C1. The average Bonchev–Trinajstić information content (AvgIpc) is 3.24. The van der Waals surface area contributed by atoms with Crippen LogP contribution in [0.2, 0.25) is 0 Å². The molecule has 2 saturated heterocycles. The molecule has 1 atom stereocenters. The second-order valence-corrected chi connectivity index (χ2v) is 7.94. The molecule has 1 aromatic rings. The molecule has 4 heteroatoms. The van der Waals surface area contributed by atoms with Gasteiger partial charge in [0, 0.05) is 38.1 Å². The molecule has 3 fully saturated rings. The highest BCUT2D eigenvalue weighted by Gasteiger charge is 2.49. The minimum Gasteiger partial charge on any atom is -0.341 e. The molecule has 3 aliphatic rings. The standard InChI is InChI=1S/C20H27FN2O/c21-18-7-5-17(6-8-18)14-23-12-10-20(23)9-11-22(15-20)19(24)13-16-3-1-2-4-16/h5-8,16H,1-4,9-15H2/t20-/m1/s1. The van der Waals surface area contributed by atoms with E-state index in [-0.39, 0.29) is 11.4 Å². The lowest BCUT2D eigenvalue weighted by molar-refractivity contribution is -0.132. The van der Waals surface area contributed by atoms with Crippen molar-refractivity contribution in [2.45, 2.75) is 57.0 Å². The zero-order chi connectivity index (χ0) is 16.6. The van der Waals surface area contributed by atoms with Crippen molar-refractivity contribution >= 4 is 5.91 Å². The summed E-state index contributed by atoms with van der Waals surface area (Å²) in [6.07, 6.45) is 8.10. The van der Waals surface area contributed by atoms with Crippen LogP contribution in [0.25, 0.3) is 0 Å². The molecule has 24 heavy (non-hydrogen) atoms. The summed E-state index contributed by atoms with van der Waals surface area (Å²) in [5.41, 5.74) is 1.34. The number of hydrogen-bond donors (Lipinski definition) is 0. The van der Waals surface area contributed by atoms with E-state index in [2.05, 4.69) is 9.80 Å². The molecule has 130 valence electrons.